The van der Waals surface area contributed by atoms with E-state index in [4.69, 9.17) is 4.74 Å². The van der Waals surface area contributed by atoms with Crippen LogP contribution in [0.1, 0.15) is 34.2 Å². The zero-order chi connectivity index (χ0) is 13.2. The summed E-state index contributed by atoms with van der Waals surface area (Å²) in [5.74, 6) is 1.46. The van der Waals surface area contributed by atoms with E-state index in [0.29, 0.717) is 12.0 Å². The Hall–Kier alpha value is -1.32. The van der Waals surface area contributed by atoms with Gasteiger partial charge in [-0.1, -0.05) is 25.1 Å². The lowest BCUT2D eigenvalue weighted by Gasteiger charge is -2.22. The highest BCUT2D eigenvalue weighted by molar-refractivity contribution is 7.12. The molecule has 0 radical (unpaired) electrons. The maximum absolute atomic E-state index is 5.83. The number of thiophene rings is 1. The highest BCUT2D eigenvalue weighted by Gasteiger charge is 2.32. The monoisotopic (exact) mass is 273 g/mol. The van der Waals surface area contributed by atoms with Crippen LogP contribution in [0.25, 0.3) is 0 Å². The number of nitrogens with one attached hydrogen (secondary N) is 1. The average molecular weight is 273 g/mol. The first-order valence-corrected chi connectivity index (χ1v) is 7.62. The number of hydrogen-bond acceptors (Lipinski definition) is 3. The fourth-order valence-corrected chi connectivity index (χ4v) is 3.76. The van der Waals surface area contributed by atoms with Crippen molar-refractivity contribution in [3.05, 3.63) is 51.7 Å². The first-order chi connectivity index (χ1) is 9.29. The van der Waals surface area contributed by atoms with E-state index in [0.717, 1.165) is 18.9 Å². The first-order valence-electron chi connectivity index (χ1n) is 6.81. The van der Waals surface area contributed by atoms with Gasteiger partial charge in [-0.05, 0) is 31.7 Å². The Bertz CT molecular complexity index is 563. The summed E-state index contributed by atoms with van der Waals surface area (Å²) in [4.78, 5) is 2.77. The van der Waals surface area contributed by atoms with Gasteiger partial charge in [0.05, 0.1) is 12.6 Å². The summed E-state index contributed by atoms with van der Waals surface area (Å²) in [6.45, 7) is 6.07. The average Bonchev–Trinajstić information content (AvgIpc) is 3.03. The number of hydrogen-bond donors (Lipinski definition) is 1. The van der Waals surface area contributed by atoms with Gasteiger partial charge in [-0.3, -0.25) is 0 Å². The molecule has 1 N–H and O–H groups in total. The maximum atomic E-state index is 5.83. The summed E-state index contributed by atoms with van der Waals surface area (Å²) in [6.07, 6.45) is 0. The Kier molecular flexibility index (Phi) is 3.58. The number of aryl methyl sites for hydroxylation is 1. The fraction of sp³-hybridized carbons (Fsp3) is 0.375. The Morgan fingerprint density at radius 1 is 1.32 bits per heavy atom. The van der Waals surface area contributed by atoms with Crippen molar-refractivity contribution in [1.82, 2.24) is 5.32 Å². The van der Waals surface area contributed by atoms with E-state index in [2.05, 4.69) is 49.5 Å². The van der Waals surface area contributed by atoms with Crippen LogP contribution in [0.2, 0.25) is 0 Å². The maximum Gasteiger partial charge on any atom is 0.122 e. The molecule has 3 heteroatoms. The van der Waals surface area contributed by atoms with E-state index in [1.165, 1.54) is 15.3 Å². The molecule has 2 nitrogen and oxygen atoms in total. The van der Waals surface area contributed by atoms with Gasteiger partial charge in [-0.15, -0.1) is 11.3 Å². The van der Waals surface area contributed by atoms with E-state index in [9.17, 15) is 0 Å². The molecule has 100 valence electrons. The molecule has 0 fully saturated rings. The summed E-state index contributed by atoms with van der Waals surface area (Å²) in [6, 6.07) is 13.2. The molecule has 1 aliphatic rings. The minimum absolute atomic E-state index is 0.354. The van der Waals surface area contributed by atoms with E-state index in [-0.39, 0.29) is 0 Å². The summed E-state index contributed by atoms with van der Waals surface area (Å²) >= 11 is 1.88. The molecule has 1 aromatic heterocycles. The van der Waals surface area contributed by atoms with Gasteiger partial charge >= 0.3 is 0 Å². The van der Waals surface area contributed by atoms with Crippen LogP contribution in [-0.2, 0) is 0 Å². The molecule has 2 aromatic rings. The van der Waals surface area contributed by atoms with Crippen molar-refractivity contribution < 1.29 is 4.74 Å². The van der Waals surface area contributed by atoms with Gasteiger partial charge in [0, 0.05) is 21.2 Å². The van der Waals surface area contributed by atoms with Crippen molar-refractivity contribution in [2.24, 2.45) is 0 Å². The van der Waals surface area contributed by atoms with Crippen LogP contribution >= 0.6 is 11.3 Å². The highest BCUT2D eigenvalue weighted by atomic mass is 32.1. The third-order valence-electron chi connectivity index (χ3n) is 3.63. The highest BCUT2D eigenvalue weighted by Crippen LogP contribution is 2.42. The predicted molar refractivity (Wildman–Crippen MR) is 80.2 cm³/mol. The van der Waals surface area contributed by atoms with Gasteiger partial charge in [-0.25, -0.2) is 0 Å². The van der Waals surface area contributed by atoms with E-state index in [1.54, 1.807) is 0 Å². The summed E-state index contributed by atoms with van der Waals surface area (Å²) in [5, 5.41) is 3.63. The van der Waals surface area contributed by atoms with Crippen LogP contribution in [0.5, 0.6) is 5.75 Å². The smallest absolute Gasteiger partial charge is 0.122 e. The minimum Gasteiger partial charge on any atom is -0.493 e. The molecule has 1 aliphatic heterocycles. The Labute approximate surface area is 118 Å². The molecule has 3 rings (SSSR count). The number of fused-ring (bicyclic) bond motifs is 1. The van der Waals surface area contributed by atoms with Gasteiger partial charge in [0.2, 0.25) is 0 Å². The molecule has 2 atom stereocenters. The second-order valence-corrected chi connectivity index (χ2v) is 6.26. The van der Waals surface area contributed by atoms with Crippen molar-refractivity contribution in [3.63, 3.8) is 0 Å². The van der Waals surface area contributed by atoms with Crippen molar-refractivity contribution in [1.29, 1.82) is 0 Å². The van der Waals surface area contributed by atoms with Gasteiger partial charge in [-0.2, -0.15) is 0 Å². The Morgan fingerprint density at radius 2 is 2.16 bits per heavy atom. The van der Waals surface area contributed by atoms with E-state index >= 15 is 0 Å². The largest absolute Gasteiger partial charge is 0.493 e. The number of likely N-dealkylation sites (N-methyl/N-ethyl adjacent to an activating group) is 1. The lowest BCUT2D eigenvalue weighted by molar-refractivity contribution is 0.302. The number of benzene rings is 1. The molecule has 0 saturated carbocycles. The molecule has 0 bridgehead atoms. The van der Waals surface area contributed by atoms with Crippen molar-refractivity contribution in [2.45, 2.75) is 25.8 Å². The van der Waals surface area contributed by atoms with Crippen molar-refractivity contribution >= 4 is 11.3 Å². The molecule has 0 spiro atoms. The molecule has 1 aromatic carbocycles. The molecule has 0 aliphatic carbocycles. The van der Waals surface area contributed by atoms with Gasteiger partial charge < -0.3 is 10.1 Å². The Balaban J connectivity index is 1.94. The second kappa shape index (κ2) is 5.35. The summed E-state index contributed by atoms with van der Waals surface area (Å²) in [7, 11) is 0. The number of ether oxygens (including phenoxy) is 1. The number of para-hydroxylation sites is 1. The molecular weight excluding hydrogens is 254 g/mol. The SMILES string of the molecule is CCNC(c1ccc(C)s1)C1COc2ccccc21. The third-order valence-corrected chi connectivity index (χ3v) is 4.71. The second-order valence-electron chi connectivity index (χ2n) is 4.94. The molecule has 2 unspecified atom stereocenters. The van der Waals surface area contributed by atoms with Gasteiger partial charge in [0.1, 0.15) is 5.75 Å². The topological polar surface area (TPSA) is 21.3 Å². The van der Waals surface area contributed by atoms with Crippen molar-refractivity contribution in [3.8, 4) is 5.75 Å². The van der Waals surface area contributed by atoms with E-state index < -0.39 is 0 Å². The van der Waals surface area contributed by atoms with E-state index in [1.807, 2.05) is 17.4 Å². The van der Waals surface area contributed by atoms with Crippen LogP contribution in [0.15, 0.2) is 36.4 Å². The normalized spacial score (nSPS) is 18.9. The quantitative estimate of drug-likeness (QED) is 0.912. The zero-order valence-electron chi connectivity index (χ0n) is 11.3. The predicted octanol–water partition coefficient (Wildman–Crippen LogP) is 3.88. The van der Waals surface area contributed by atoms with Crippen LogP contribution < -0.4 is 10.1 Å². The van der Waals surface area contributed by atoms with Crippen molar-refractivity contribution in [2.75, 3.05) is 13.2 Å². The van der Waals surface area contributed by atoms with Gasteiger partial charge in [0.25, 0.3) is 0 Å². The standard InChI is InChI=1S/C16H19NOS/c1-3-17-16(15-9-8-11(2)19-15)13-10-18-14-7-5-4-6-12(13)14/h4-9,13,16-17H,3,10H2,1-2H3. The van der Waals surface area contributed by atoms with Crippen LogP contribution in [-0.4, -0.2) is 13.2 Å². The molecule has 0 amide bonds. The summed E-state index contributed by atoms with van der Waals surface area (Å²) < 4.78 is 5.83. The zero-order valence-corrected chi connectivity index (χ0v) is 12.2. The lowest BCUT2D eigenvalue weighted by atomic mass is 9.92. The first kappa shape index (κ1) is 12.7. The van der Waals surface area contributed by atoms with Crippen LogP contribution in [0, 0.1) is 6.92 Å². The Morgan fingerprint density at radius 3 is 2.89 bits per heavy atom. The molecule has 19 heavy (non-hydrogen) atoms. The lowest BCUT2D eigenvalue weighted by Crippen LogP contribution is -2.27. The minimum atomic E-state index is 0.354. The summed E-state index contributed by atoms with van der Waals surface area (Å²) in [5.41, 5.74) is 1.33. The van der Waals surface area contributed by atoms with Crippen LogP contribution in [0.3, 0.4) is 0 Å². The van der Waals surface area contributed by atoms with Crippen LogP contribution in [0.4, 0.5) is 0 Å². The molecule has 2 heterocycles. The number of rotatable bonds is 4. The molecule has 0 saturated heterocycles. The molecular formula is C16H19NOS. The fourth-order valence-electron chi connectivity index (χ4n) is 2.75. The van der Waals surface area contributed by atoms with Gasteiger partial charge in [0.15, 0.2) is 0 Å². The third kappa shape index (κ3) is 2.40.